The third-order valence-corrected chi connectivity index (χ3v) is 9.27. The smallest absolute Gasteiger partial charge is 0.309 e. The maximum absolute atomic E-state index is 12.5. The molecule has 0 aromatic carbocycles. The molecule has 0 N–H and O–H groups in total. The average molecular weight is 302 g/mol. The Morgan fingerprint density at radius 3 is 1.55 bits per heavy atom. The van der Waals surface area contributed by atoms with Gasteiger partial charge in [-0.15, -0.1) is 0 Å². The van der Waals surface area contributed by atoms with E-state index in [1.165, 1.54) is 39.9 Å². The van der Waals surface area contributed by atoms with Gasteiger partial charge in [0.25, 0.3) is 0 Å². The fourth-order valence-electron chi connectivity index (χ4n) is 9.50. The minimum absolute atomic E-state index is 0.161. The highest BCUT2D eigenvalue weighted by atomic mass is 16.5. The zero-order valence-electron chi connectivity index (χ0n) is 13.1. The lowest BCUT2D eigenvalue weighted by molar-refractivity contribution is -0.583. The summed E-state index contributed by atoms with van der Waals surface area (Å²) >= 11 is 0. The molecule has 0 aliphatic heterocycles. The van der Waals surface area contributed by atoms with Crippen molar-refractivity contribution in [1.29, 1.82) is 0 Å². The van der Waals surface area contributed by atoms with Crippen LogP contribution in [0.25, 0.3) is 0 Å². The van der Waals surface area contributed by atoms with Crippen molar-refractivity contribution in [2.45, 2.75) is 25.7 Å². The second-order valence-corrected chi connectivity index (χ2v) is 8.64. The van der Waals surface area contributed by atoms with Crippen LogP contribution in [0.4, 0.5) is 0 Å². The molecule has 0 aromatic heterocycles. The van der Waals surface area contributed by atoms with E-state index < -0.39 is 0 Å². The van der Waals surface area contributed by atoms with Crippen molar-refractivity contribution in [3.8, 4) is 0 Å². The molecule has 4 nitrogen and oxygen atoms in total. The first-order chi connectivity index (χ1) is 10.7. The van der Waals surface area contributed by atoms with Gasteiger partial charge >= 0.3 is 11.9 Å². The first-order valence-electron chi connectivity index (χ1n) is 8.82. The van der Waals surface area contributed by atoms with Gasteiger partial charge in [-0.3, -0.25) is 9.59 Å². The van der Waals surface area contributed by atoms with E-state index in [-0.39, 0.29) is 23.8 Å². The molecule has 0 unspecified atom stereocenters. The molecule has 2 spiro atoms. The molecule has 7 aliphatic rings. The van der Waals surface area contributed by atoms with Gasteiger partial charge in [-0.2, -0.15) is 0 Å². The van der Waals surface area contributed by atoms with Crippen LogP contribution < -0.4 is 0 Å². The average Bonchev–Trinajstić information content (AvgIpc) is 2.53. The molecule has 7 saturated carbocycles. The van der Waals surface area contributed by atoms with Crippen molar-refractivity contribution in [3.05, 3.63) is 0 Å². The Hall–Kier alpha value is -1.06. The van der Waals surface area contributed by atoms with E-state index in [2.05, 4.69) is 0 Å². The van der Waals surface area contributed by atoms with Gasteiger partial charge in [0, 0.05) is 0 Å². The third kappa shape index (κ3) is 0.771. The van der Waals surface area contributed by atoms with Crippen molar-refractivity contribution in [2.75, 3.05) is 14.2 Å². The summed E-state index contributed by atoms with van der Waals surface area (Å²) in [5, 5.41) is 0. The fourth-order valence-corrected chi connectivity index (χ4v) is 9.50. The standard InChI is InChI=1S/C18H22O4/c1-21-15(19)9-10(16(20)22-2)12-8-7-11(9)17-5-3-4-6-18(12,17)14(8)13(7)17/h7-14H,3-6H2,1-2H3/t7-,8+,9-,10-,11-,12-,13+,14-,17+,18-/m0/s1. The lowest BCUT2D eigenvalue weighted by atomic mass is 8.99. The quantitative estimate of drug-likeness (QED) is 0.731. The molecule has 7 aliphatic carbocycles. The zero-order chi connectivity index (χ0) is 15.0. The zero-order valence-corrected chi connectivity index (χ0v) is 13.1. The molecule has 0 aromatic rings. The van der Waals surface area contributed by atoms with Gasteiger partial charge in [0.05, 0.1) is 26.1 Å². The Morgan fingerprint density at radius 2 is 1.18 bits per heavy atom. The molecule has 10 atom stereocenters. The largest absolute Gasteiger partial charge is 0.469 e. The predicted molar refractivity (Wildman–Crippen MR) is 75.3 cm³/mol. The lowest BCUT2D eigenvalue weighted by Gasteiger charge is -3.04. The highest BCUT2D eigenvalue weighted by Crippen LogP contribution is 3.05. The van der Waals surface area contributed by atoms with Crippen LogP contribution in [0.15, 0.2) is 0 Å². The summed E-state index contributed by atoms with van der Waals surface area (Å²) in [4.78, 5) is 25.0. The Bertz CT molecular complexity index is 575. The first-order valence-corrected chi connectivity index (χ1v) is 8.82. The molecule has 0 saturated heterocycles. The van der Waals surface area contributed by atoms with Gasteiger partial charge in [-0.25, -0.2) is 0 Å². The normalized spacial score (nSPS) is 63.9. The second-order valence-electron chi connectivity index (χ2n) is 8.64. The third-order valence-electron chi connectivity index (χ3n) is 9.27. The van der Waals surface area contributed by atoms with E-state index in [9.17, 15) is 9.59 Å². The number of hydrogen-bond donors (Lipinski definition) is 0. The van der Waals surface area contributed by atoms with Gasteiger partial charge in [-0.05, 0) is 59.2 Å². The SMILES string of the molecule is COC(=O)[C@H]1[C@H](C(=O)OC)[C@@H]2[C@@H]3[C@@H]4[C@@H]1[C@]15CCCC[C@]21[C@H]3[C@H]45. The molecule has 7 fully saturated rings. The highest BCUT2D eigenvalue weighted by Gasteiger charge is 3.03. The second kappa shape index (κ2) is 3.25. The molecule has 0 amide bonds. The van der Waals surface area contributed by atoms with E-state index in [4.69, 9.17) is 9.47 Å². The minimum Gasteiger partial charge on any atom is -0.469 e. The molecule has 22 heavy (non-hydrogen) atoms. The van der Waals surface area contributed by atoms with Crippen molar-refractivity contribution >= 4 is 11.9 Å². The minimum atomic E-state index is -0.229. The first kappa shape index (κ1) is 12.4. The van der Waals surface area contributed by atoms with Crippen LogP contribution in [0.2, 0.25) is 0 Å². The maximum Gasteiger partial charge on any atom is 0.309 e. The molecule has 7 rings (SSSR count). The Balaban J connectivity index is 1.51. The summed E-state index contributed by atoms with van der Waals surface area (Å²) in [7, 11) is 2.93. The van der Waals surface area contributed by atoms with Crippen molar-refractivity contribution in [1.82, 2.24) is 0 Å². The molecule has 0 heterocycles. The Morgan fingerprint density at radius 1 is 0.773 bits per heavy atom. The van der Waals surface area contributed by atoms with Crippen molar-refractivity contribution in [3.63, 3.8) is 0 Å². The molecular formula is C18H22O4. The topological polar surface area (TPSA) is 52.6 Å². The molecule has 4 heteroatoms. The number of rotatable bonds is 2. The predicted octanol–water partition coefficient (Wildman–Crippen LogP) is 1.88. The summed E-state index contributed by atoms with van der Waals surface area (Å²) in [5.41, 5.74) is 0.812. The summed E-state index contributed by atoms with van der Waals surface area (Å²) in [6.07, 6.45) is 5.20. The van der Waals surface area contributed by atoms with Crippen LogP contribution in [0.5, 0.6) is 0 Å². The number of hydrogen-bond acceptors (Lipinski definition) is 4. The monoisotopic (exact) mass is 302 g/mol. The van der Waals surface area contributed by atoms with Crippen molar-refractivity contribution < 1.29 is 19.1 Å². The molecular weight excluding hydrogens is 280 g/mol. The Kier molecular flexibility index (Phi) is 1.83. The lowest BCUT2D eigenvalue weighted by Crippen LogP contribution is -3.02. The van der Waals surface area contributed by atoms with E-state index in [0.29, 0.717) is 22.7 Å². The van der Waals surface area contributed by atoms with E-state index in [1.807, 2.05) is 0 Å². The van der Waals surface area contributed by atoms with Crippen LogP contribution in [0.1, 0.15) is 25.7 Å². The van der Waals surface area contributed by atoms with E-state index in [1.54, 1.807) is 0 Å². The summed E-state index contributed by atoms with van der Waals surface area (Å²) < 4.78 is 10.2. The fraction of sp³-hybridized carbons (Fsp3) is 0.889. The van der Waals surface area contributed by atoms with Gasteiger partial charge in [-0.1, -0.05) is 12.8 Å². The van der Waals surface area contributed by atoms with Crippen LogP contribution >= 0.6 is 0 Å². The van der Waals surface area contributed by atoms with Gasteiger partial charge < -0.3 is 9.47 Å². The molecule has 0 radical (unpaired) electrons. The number of carbonyl (C=O) groups excluding carboxylic acids is 2. The maximum atomic E-state index is 12.5. The summed E-state index contributed by atoms with van der Waals surface area (Å²) in [6, 6.07) is 0. The van der Waals surface area contributed by atoms with E-state index >= 15 is 0 Å². The number of ether oxygens (including phenoxy) is 2. The van der Waals surface area contributed by atoms with Gasteiger partial charge in [0.1, 0.15) is 0 Å². The number of carbonyl (C=O) groups is 2. The van der Waals surface area contributed by atoms with Gasteiger partial charge in [0.2, 0.25) is 0 Å². The van der Waals surface area contributed by atoms with Crippen LogP contribution in [-0.2, 0) is 19.1 Å². The van der Waals surface area contributed by atoms with Crippen molar-refractivity contribution in [2.24, 2.45) is 58.2 Å². The van der Waals surface area contributed by atoms with E-state index in [0.717, 1.165) is 23.7 Å². The van der Waals surface area contributed by atoms with Crippen LogP contribution in [0, 0.1) is 58.2 Å². The Labute approximate surface area is 129 Å². The number of esters is 2. The highest BCUT2D eigenvalue weighted by molar-refractivity contribution is 5.85. The summed E-state index contributed by atoms with van der Waals surface area (Å²) in [5.74, 6) is 3.27. The summed E-state index contributed by atoms with van der Waals surface area (Å²) in [6.45, 7) is 0. The molecule has 118 valence electrons. The number of fused-ring (bicyclic) bond motifs is 1. The van der Waals surface area contributed by atoms with Crippen LogP contribution in [0.3, 0.4) is 0 Å². The number of methoxy groups -OCH3 is 2. The van der Waals surface area contributed by atoms with Crippen LogP contribution in [-0.4, -0.2) is 26.2 Å². The molecule has 2 bridgehead atoms. The van der Waals surface area contributed by atoms with Gasteiger partial charge in [0.15, 0.2) is 0 Å².